The second kappa shape index (κ2) is 5.03. The molecule has 90 valence electrons. The molecule has 0 saturated heterocycles. The third kappa shape index (κ3) is 4.81. The van der Waals surface area contributed by atoms with E-state index >= 15 is 0 Å². The minimum atomic E-state index is 0.309. The molecule has 0 atom stereocenters. The topological polar surface area (TPSA) is 0 Å². The molecule has 3 heteroatoms. The van der Waals surface area contributed by atoms with E-state index in [0.717, 1.165) is 4.48 Å². The molecule has 0 amide bonds. The molecule has 0 aromatic heterocycles. The Morgan fingerprint density at radius 2 is 1.44 bits per heavy atom. The summed E-state index contributed by atoms with van der Waals surface area (Å²) in [6, 6.07) is 8.85. The fourth-order valence-electron chi connectivity index (χ4n) is 1.12. The van der Waals surface area contributed by atoms with Crippen molar-refractivity contribution in [2.24, 2.45) is 0 Å². The van der Waals surface area contributed by atoms with Gasteiger partial charge in [-0.1, -0.05) is 42.4 Å². The summed E-state index contributed by atoms with van der Waals surface area (Å²) in [6.07, 6.45) is 0. The van der Waals surface area contributed by atoms with Gasteiger partial charge in [-0.3, -0.25) is 4.48 Å². The van der Waals surface area contributed by atoms with E-state index in [-0.39, 0.29) is 0 Å². The summed E-state index contributed by atoms with van der Waals surface area (Å²) in [5.41, 5.74) is 1.34. The molecule has 0 saturated carbocycles. The highest BCUT2D eigenvalue weighted by molar-refractivity contribution is 8.77. The Morgan fingerprint density at radius 3 is 1.81 bits per heavy atom. The van der Waals surface area contributed by atoms with Gasteiger partial charge in [0.2, 0.25) is 0 Å². The van der Waals surface area contributed by atoms with Gasteiger partial charge in [-0.25, -0.2) is 0 Å². The van der Waals surface area contributed by atoms with Gasteiger partial charge in [0.05, 0.1) is 21.1 Å². The molecule has 0 bridgehead atoms. The first kappa shape index (κ1) is 13.9. The van der Waals surface area contributed by atoms with Crippen molar-refractivity contribution in [3.05, 3.63) is 24.3 Å². The molecular weight excluding hydrogens is 234 g/mol. The third-order valence-electron chi connectivity index (χ3n) is 2.00. The van der Waals surface area contributed by atoms with E-state index in [0.29, 0.717) is 4.75 Å². The highest BCUT2D eigenvalue weighted by Crippen LogP contribution is 2.40. The molecule has 0 aliphatic rings. The van der Waals surface area contributed by atoms with Gasteiger partial charge in [-0.15, -0.1) is 0 Å². The lowest BCUT2D eigenvalue weighted by Gasteiger charge is -2.23. The van der Waals surface area contributed by atoms with Crippen molar-refractivity contribution in [2.45, 2.75) is 30.4 Å². The van der Waals surface area contributed by atoms with Gasteiger partial charge in [0.15, 0.2) is 0 Å². The molecule has 16 heavy (non-hydrogen) atoms. The van der Waals surface area contributed by atoms with Gasteiger partial charge < -0.3 is 0 Å². The quantitative estimate of drug-likeness (QED) is 0.580. The molecule has 1 aromatic rings. The number of hydrogen-bond acceptors (Lipinski definition) is 2. The highest BCUT2D eigenvalue weighted by atomic mass is 33.1. The Morgan fingerprint density at radius 1 is 0.938 bits per heavy atom. The lowest BCUT2D eigenvalue weighted by atomic mass is 10.3. The lowest BCUT2D eigenvalue weighted by Crippen LogP contribution is -2.34. The number of rotatable bonds is 3. The molecule has 0 unspecified atom stereocenters. The SMILES string of the molecule is CC(C)(C)SSc1ccc([N+](C)(C)C)cc1. The maximum absolute atomic E-state index is 2.24. The van der Waals surface area contributed by atoms with Crippen molar-refractivity contribution in [1.29, 1.82) is 0 Å². The fourth-order valence-corrected chi connectivity index (χ4v) is 3.09. The van der Waals surface area contributed by atoms with Crippen molar-refractivity contribution in [3.63, 3.8) is 0 Å². The van der Waals surface area contributed by atoms with E-state index in [2.05, 4.69) is 66.2 Å². The molecule has 0 heterocycles. The Hall–Kier alpha value is -0.120. The largest absolute Gasteiger partial charge is 0.298 e. The van der Waals surface area contributed by atoms with E-state index in [9.17, 15) is 0 Å². The average Bonchev–Trinajstić information content (AvgIpc) is 2.13. The maximum Gasteiger partial charge on any atom is 0.132 e. The molecule has 0 N–H and O–H groups in total. The summed E-state index contributed by atoms with van der Waals surface area (Å²) < 4.78 is 1.18. The van der Waals surface area contributed by atoms with Crippen molar-refractivity contribution in [3.8, 4) is 0 Å². The van der Waals surface area contributed by atoms with E-state index in [1.54, 1.807) is 0 Å². The summed E-state index contributed by atoms with van der Waals surface area (Å²) in [4.78, 5) is 1.33. The summed E-state index contributed by atoms with van der Waals surface area (Å²) in [7, 11) is 10.3. The van der Waals surface area contributed by atoms with Crippen molar-refractivity contribution >= 4 is 27.3 Å². The number of nitrogens with zero attached hydrogens (tertiary/aromatic N) is 1. The van der Waals surface area contributed by atoms with Gasteiger partial charge in [0, 0.05) is 21.8 Å². The van der Waals surface area contributed by atoms with Gasteiger partial charge in [0.25, 0.3) is 0 Å². The number of quaternary nitrogens is 1. The first-order valence-electron chi connectivity index (χ1n) is 5.46. The van der Waals surface area contributed by atoms with Crippen LogP contribution in [0.3, 0.4) is 0 Å². The van der Waals surface area contributed by atoms with Gasteiger partial charge in [0.1, 0.15) is 5.69 Å². The summed E-state index contributed by atoms with van der Waals surface area (Å²) in [6.45, 7) is 6.72. The Balaban J connectivity index is 2.66. The molecule has 1 aromatic carbocycles. The van der Waals surface area contributed by atoms with E-state index in [1.165, 1.54) is 10.6 Å². The highest BCUT2D eigenvalue weighted by Gasteiger charge is 2.13. The normalized spacial score (nSPS) is 12.9. The first-order valence-corrected chi connectivity index (χ1v) is 7.61. The van der Waals surface area contributed by atoms with Crippen LogP contribution in [0.5, 0.6) is 0 Å². The second-order valence-corrected chi connectivity index (χ2v) is 8.81. The van der Waals surface area contributed by atoms with E-state index in [4.69, 9.17) is 0 Å². The second-order valence-electron chi connectivity index (χ2n) is 5.79. The van der Waals surface area contributed by atoms with Gasteiger partial charge in [-0.2, -0.15) is 0 Å². The lowest BCUT2D eigenvalue weighted by molar-refractivity contribution is 0.486. The van der Waals surface area contributed by atoms with Crippen molar-refractivity contribution in [2.75, 3.05) is 21.1 Å². The average molecular weight is 256 g/mol. The Bertz CT molecular complexity index is 330. The minimum absolute atomic E-state index is 0.309. The summed E-state index contributed by atoms with van der Waals surface area (Å²) in [5, 5.41) is 0. The summed E-state index contributed by atoms with van der Waals surface area (Å²) in [5.74, 6) is 0. The maximum atomic E-state index is 2.24. The number of hydrogen-bond donors (Lipinski definition) is 0. The predicted molar refractivity (Wildman–Crippen MR) is 79.2 cm³/mol. The minimum Gasteiger partial charge on any atom is -0.298 e. The molecule has 1 nitrogen and oxygen atoms in total. The summed E-state index contributed by atoms with van der Waals surface area (Å²) >= 11 is 0. The molecule has 0 fully saturated rings. The van der Waals surface area contributed by atoms with Gasteiger partial charge >= 0.3 is 0 Å². The van der Waals surface area contributed by atoms with Crippen LogP contribution in [0.15, 0.2) is 29.2 Å². The van der Waals surface area contributed by atoms with Crippen LogP contribution in [0, 0.1) is 0 Å². The molecular formula is C13H22NS2+. The van der Waals surface area contributed by atoms with Gasteiger partial charge in [-0.05, 0) is 12.1 Å². The molecule has 0 aliphatic carbocycles. The Labute approximate surface area is 108 Å². The van der Waals surface area contributed by atoms with Crippen LogP contribution in [0.25, 0.3) is 0 Å². The molecule has 0 aliphatic heterocycles. The molecule has 0 radical (unpaired) electrons. The van der Waals surface area contributed by atoms with Crippen LogP contribution in [0.1, 0.15) is 20.8 Å². The smallest absolute Gasteiger partial charge is 0.132 e. The van der Waals surface area contributed by atoms with Crippen LogP contribution < -0.4 is 4.48 Å². The monoisotopic (exact) mass is 256 g/mol. The first-order chi connectivity index (χ1) is 7.18. The van der Waals surface area contributed by atoms with Crippen LogP contribution >= 0.6 is 21.6 Å². The van der Waals surface area contributed by atoms with Crippen molar-refractivity contribution in [1.82, 2.24) is 4.48 Å². The van der Waals surface area contributed by atoms with Crippen LogP contribution in [0.4, 0.5) is 5.69 Å². The zero-order chi connectivity index (χ0) is 12.4. The zero-order valence-electron chi connectivity index (χ0n) is 11.1. The third-order valence-corrected chi connectivity index (χ3v) is 5.37. The van der Waals surface area contributed by atoms with Crippen LogP contribution in [0.2, 0.25) is 0 Å². The van der Waals surface area contributed by atoms with E-state index in [1.807, 2.05) is 21.6 Å². The standard InChI is InChI=1S/C13H22NS2/c1-13(2,3)16-15-12-9-7-11(8-10-12)14(4,5)6/h7-10H,1-6H3/q+1. The predicted octanol–water partition coefficient (Wildman–Crippen LogP) is 4.42. The Kier molecular flexibility index (Phi) is 4.38. The fraction of sp³-hybridized carbons (Fsp3) is 0.538. The van der Waals surface area contributed by atoms with Crippen molar-refractivity contribution < 1.29 is 0 Å². The zero-order valence-corrected chi connectivity index (χ0v) is 12.7. The molecule has 0 spiro atoms. The van der Waals surface area contributed by atoms with Crippen LogP contribution in [-0.4, -0.2) is 25.9 Å². The molecule has 1 rings (SSSR count). The number of benzene rings is 1. The van der Waals surface area contributed by atoms with E-state index < -0.39 is 0 Å². The van der Waals surface area contributed by atoms with Crippen LogP contribution in [-0.2, 0) is 0 Å².